The lowest BCUT2D eigenvalue weighted by Crippen LogP contribution is -2.39. The highest BCUT2D eigenvalue weighted by molar-refractivity contribution is 5.93. The van der Waals surface area contributed by atoms with E-state index in [1.165, 1.54) is 11.0 Å². The monoisotopic (exact) mass is 468 g/mol. The number of amides is 3. The SMILES string of the molecule is C.C=C1C=CC(=O)N1CCC(=O)CCCOCCOCC(=O)NCCCCC(NC)C(N)=O. The van der Waals surface area contributed by atoms with Crippen LogP contribution in [0.15, 0.2) is 24.4 Å². The topological polar surface area (TPSA) is 140 Å². The maximum Gasteiger partial charge on any atom is 0.251 e. The first-order chi connectivity index (χ1) is 15.3. The van der Waals surface area contributed by atoms with E-state index >= 15 is 0 Å². The molecule has 1 rings (SSSR count). The number of ether oxygens (including phenoxy) is 2. The molecule has 0 aromatic heterocycles. The number of unbranched alkanes of at least 4 members (excludes halogenated alkanes) is 1. The van der Waals surface area contributed by atoms with Crippen molar-refractivity contribution in [3.8, 4) is 0 Å². The molecule has 1 aliphatic heterocycles. The van der Waals surface area contributed by atoms with E-state index in [0.29, 0.717) is 57.7 Å². The standard InChI is InChI=1S/C22H36N4O6.CH4/c1-17-8-9-21(29)26(17)12-10-18(27)6-5-13-31-14-15-32-16-20(28)25-11-4-3-7-19(24-2)22(23)30;/h8-9,19,24H,1,3-7,10-16H2,2H3,(H2,23,30)(H,25,28);1H4. The molecule has 1 aliphatic rings. The lowest BCUT2D eigenvalue weighted by atomic mass is 10.1. The zero-order valence-corrected chi connectivity index (χ0v) is 18.9. The van der Waals surface area contributed by atoms with E-state index in [-0.39, 0.29) is 50.2 Å². The van der Waals surface area contributed by atoms with E-state index in [0.717, 1.165) is 12.8 Å². The molecule has 0 radical (unpaired) electrons. The zero-order chi connectivity index (χ0) is 23.8. The van der Waals surface area contributed by atoms with Gasteiger partial charge in [0.2, 0.25) is 11.8 Å². The Hall–Kier alpha value is -2.56. The van der Waals surface area contributed by atoms with Crippen LogP contribution in [0.25, 0.3) is 0 Å². The van der Waals surface area contributed by atoms with E-state index < -0.39 is 0 Å². The van der Waals surface area contributed by atoms with Crippen LogP contribution in [0.2, 0.25) is 0 Å². The summed E-state index contributed by atoms with van der Waals surface area (Å²) in [6.45, 7) is 5.63. The molecular weight excluding hydrogens is 428 g/mol. The third-order valence-corrected chi connectivity index (χ3v) is 4.93. The van der Waals surface area contributed by atoms with E-state index in [1.54, 1.807) is 13.1 Å². The predicted octanol–water partition coefficient (Wildman–Crippen LogP) is 0.667. The van der Waals surface area contributed by atoms with Gasteiger partial charge in [-0.25, -0.2) is 0 Å². The van der Waals surface area contributed by atoms with Crippen LogP contribution in [0.3, 0.4) is 0 Å². The van der Waals surface area contributed by atoms with Crippen LogP contribution in [0, 0.1) is 0 Å². The molecule has 0 aromatic carbocycles. The lowest BCUT2D eigenvalue weighted by Gasteiger charge is -2.16. The predicted molar refractivity (Wildman–Crippen MR) is 126 cm³/mol. The van der Waals surface area contributed by atoms with Gasteiger partial charge in [-0.05, 0) is 38.8 Å². The molecule has 3 amide bonds. The molecule has 0 aromatic rings. The van der Waals surface area contributed by atoms with Crippen molar-refractivity contribution in [2.45, 2.75) is 52.0 Å². The van der Waals surface area contributed by atoms with Gasteiger partial charge in [-0.1, -0.05) is 14.0 Å². The molecule has 0 spiro atoms. The van der Waals surface area contributed by atoms with Gasteiger partial charge in [-0.15, -0.1) is 0 Å². The number of hydrogen-bond donors (Lipinski definition) is 3. The van der Waals surface area contributed by atoms with Gasteiger partial charge in [0.25, 0.3) is 5.91 Å². The number of nitrogens with one attached hydrogen (secondary N) is 2. The number of hydrogen-bond acceptors (Lipinski definition) is 7. The Bertz CT molecular complexity index is 662. The molecule has 0 aliphatic carbocycles. The van der Waals surface area contributed by atoms with Crippen LogP contribution in [0.5, 0.6) is 0 Å². The maximum atomic E-state index is 11.9. The Morgan fingerprint density at radius 1 is 1.09 bits per heavy atom. The van der Waals surface area contributed by atoms with Crippen LogP contribution < -0.4 is 16.4 Å². The zero-order valence-electron chi connectivity index (χ0n) is 18.9. The largest absolute Gasteiger partial charge is 0.379 e. The minimum Gasteiger partial charge on any atom is -0.379 e. The Labute approximate surface area is 196 Å². The fraction of sp³-hybridized carbons (Fsp3) is 0.652. The summed E-state index contributed by atoms with van der Waals surface area (Å²) in [5.41, 5.74) is 5.86. The number of carbonyl (C=O) groups excluding carboxylic acids is 4. The molecule has 0 bridgehead atoms. The summed E-state index contributed by atoms with van der Waals surface area (Å²) in [7, 11) is 1.69. The minimum absolute atomic E-state index is 0. The first-order valence-electron chi connectivity index (χ1n) is 10.9. The van der Waals surface area contributed by atoms with Crippen LogP contribution in [-0.2, 0) is 28.7 Å². The highest BCUT2D eigenvalue weighted by Crippen LogP contribution is 2.13. The number of carbonyl (C=O) groups is 4. The first-order valence-corrected chi connectivity index (χ1v) is 10.9. The molecule has 188 valence electrons. The molecule has 10 nitrogen and oxygen atoms in total. The van der Waals surface area contributed by atoms with Gasteiger partial charge in [-0.3, -0.25) is 19.2 Å². The quantitative estimate of drug-likeness (QED) is 0.237. The second-order valence-electron chi connectivity index (χ2n) is 7.46. The van der Waals surface area contributed by atoms with Crippen LogP contribution in [0.1, 0.15) is 46.0 Å². The van der Waals surface area contributed by atoms with Crippen molar-refractivity contribution in [1.82, 2.24) is 15.5 Å². The summed E-state index contributed by atoms with van der Waals surface area (Å²) in [4.78, 5) is 47.7. The highest BCUT2D eigenvalue weighted by Gasteiger charge is 2.19. The van der Waals surface area contributed by atoms with Gasteiger partial charge in [0.15, 0.2) is 0 Å². The summed E-state index contributed by atoms with van der Waals surface area (Å²) in [5.74, 6) is -0.642. The van der Waals surface area contributed by atoms with Gasteiger partial charge in [-0.2, -0.15) is 0 Å². The van der Waals surface area contributed by atoms with Crippen molar-refractivity contribution in [3.05, 3.63) is 24.4 Å². The normalized spacial score (nSPS) is 13.7. The fourth-order valence-electron chi connectivity index (χ4n) is 3.04. The number of likely N-dealkylation sites (N-methyl/N-ethyl adjacent to an activating group) is 1. The smallest absolute Gasteiger partial charge is 0.251 e. The average molecular weight is 469 g/mol. The molecule has 1 heterocycles. The second kappa shape index (κ2) is 17.9. The number of primary amides is 1. The summed E-state index contributed by atoms with van der Waals surface area (Å²) in [6.07, 6.45) is 6.52. The van der Waals surface area contributed by atoms with Crippen molar-refractivity contribution >= 4 is 23.5 Å². The van der Waals surface area contributed by atoms with Crippen molar-refractivity contribution in [2.24, 2.45) is 5.73 Å². The van der Waals surface area contributed by atoms with E-state index in [1.807, 2.05) is 0 Å². The number of nitrogens with two attached hydrogens (primary N) is 1. The maximum absolute atomic E-state index is 11.9. The van der Waals surface area contributed by atoms with Crippen LogP contribution in [-0.4, -0.2) is 81.0 Å². The molecule has 1 atom stereocenters. The van der Waals surface area contributed by atoms with Crippen molar-refractivity contribution < 1.29 is 28.7 Å². The van der Waals surface area contributed by atoms with E-state index in [2.05, 4.69) is 17.2 Å². The van der Waals surface area contributed by atoms with Crippen LogP contribution >= 0.6 is 0 Å². The number of Topliss-reactive ketones (excluding diaryl/α,β-unsaturated/α-hetero) is 1. The van der Waals surface area contributed by atoms with Gasteiger partial charge in [0.1, 0.15) is 12.4 Å². The molecule has 4 N–H and O–H groups in total. The summed E-state index contributed by atoms with van der Waals surface area (Å²) in [6, 6.07) is -0.342. The number of rotatable bonds is 19. The van der Waals surface area contributed by atoms with Gasteiger partial charge < -0.3 is 30.7 Å². The molecule has 10 heteroatoms. The van der Waals surface area contributed by atoms with Crippen molar-refractivity contribution in [3.63, 3.8) is 0 Å². The van der Waals surface area contributed by atoms with E-state index in [4.69, 9.17) is 15.2 Å². The second-order valence-corrected chi connectivity index (χ2v) is 7.46. The molecular formula is C23H40N4O6. The number of nitrogens with zero attached hydrogens (tertiary/aromatic N) is 1. The summed E-state index contributed by atoms with van der Waals surface area (Å²) < 4.78 is 10.7. The van der Waals surface area contributed by atoms with Gasteiger partial charge in [0.05, 0.1) is 19.3 Å². The molecule has 0 saturated carbocycles. The number of allylic oxidation sites excluding steroid dienone is 1. The number of ketones is 1. The first kappa shape index (κ1) is 30.4. The van der Waals surface area contributed by atoms with Gasteiger partial charge in [0, 0.05) is 44.3 Å². The Kier molecular flexibility index (Phi) is 16.5. The summed E-state index contributed by atoms with van der Waals surface area (Å²) >= 11 is 0. The minimum atomic E-state index is -0.377. The fourth-order valence-corrected chi connectivity index (χ4v) is 3.04. The van der Waals surface area contributed by atoms with Crippen LogP contribution in [0.4, 0.5) is 0 Å². The highest BCUT2D eigenvalue weighted by atomic mass is 16.5. The Morgan fingerprint density at radius 2 is 1.82 bits per heavy atom. The lowest BCUT2D eigenvalue weighted by molar-refractivity contribution is -0.127. The van der Waals surface area contributed by atoms with Crippen molar-refractivity contribution in [1.29, 1.82) is 0 Å². The van der Waals surface area contributed by atoms with Crippen molar-refractivity contribution in [2.75, 3.05) is 46.6 Å². The van der Waals surface area contributed by atoms with E-state index in [9.17, 15) is 19.2 Å². The third-order valence-electron chi connectivity index (χ3n) is 4.93. The molecule has 33 heavy (non-hydrogen) atoms. The molecule has 0 fully saturated rings. The summed E-state index contributed by atoms with van der Waals surface area (Å²) in [5, 5.41) is 5.60. The third kappa shape index (κ3) is 13.6. The molecule has 0 saturated heterocycles. The average Bonchev–Trinajstić information content (AvgIpc) is 3.08. The van der Waals surface area contributed by atoms with Gasteiger partial charge >= 0.3 is 0 Å². The Balaban J connectivity index is 0.0000102. The molecule has 1 unspecified atom stereocenters. The Morgan fingerprint density at radius 3 is 2.45 bits per heavy atom.